The van der Waals surface area contributed by atoms with Gasteiger partial charge in [-0.1, -0.05) is 20.8 Å². The number of hydrogen-bond acceptors (Lipinski definition) is 3. The molecule has 4 heteroatoms. The van der Waals surface area contributed by atoms with Crippen LogP contribution in [0.3, 0.4) is 0 Å². The van der Waals surface area contributed by atoms with Gasteiger partial charge in [-0.3, -0.25) is 4.79 Å². The predicted molar refractivity (Wildman–Crippen MR) is 85.1 cm³/mol. The largest absolute Gasteiger partial charge is 0.388 e. The summed E-state index contributed by atoms with van der Waals surface area (Å²) in [6.45, 7) is 8.86. The second-order valence-electron chi connectivity index (χ2n) is 7.80. The molecule has 1 amide bonds. The molecule has 122 valence electrons. The lowest BCUT2D eigenvalue weighted by atomic mass is 9.71. The minimum absolute atomic E-state index is 0.0395. The first-order valence-corrected chi connectivity index (χ1v) is 8.60. The third kappa shape index (κ3) is 4.43. The Kier molecular flexibility index (Phi) is 5.31. The summed E-state index contributed by atoms with van der Waals surface area (Å²) in [6.07, 6.45) is 6.73. The number of piperidine rings is 1. The summed E-state index contributed by atoms with van der Waals surface area (Å²) < 4.78 is 0. The van der Waals surface area contributed by atoms with Gasteiger partial charge in [-0.25, -0.2) is 0 Å². The maximum absolute atomic E-state index is 12.5. The number of nitrogens with zero attached hydrogens (tertiary/aromatic N) is 1. The van der Waals surface area contributed by atoms with Crippen LogP contribution in [0.4, 0.5) is 0 Å². The number of nitrogens with one attached hydrogen (secondary N) is 1. The molecule has 0 bridgehead atoms. The molecule has 0 aromatic heterocycles. The number of likely N-dealkylation sites (tertiary alicyclic amines) is 1. The number of amides is 1. The smallest absolute Gasteiger partial charge is 0.239 e. The Morgan fingerprint density at radius 1 is 1.29 bits per heavy atom. The first-order valence-electron chi connectivity index (χ1n) is 8.60. The third-order valence-corrected chi connectivity index (χ3v) is 5.19. The van der Waals surface area contributed by atoms with E-state index in [0.29, 0.717) is 12.0 Å². The summed E-state index contributed by atoms with van der Waals surface area (Å²) in [5.74, 6) is 0.188. The van der Waals surface area contributed by atoms with Gasteiger partial charge in [-0.2, -0.15) is 0 Å². The van der Waals surface area contributed by atoms with E-state index in [1.807, 2.05) is 4.90 Å². The van der Waals surface area contributed by atoms with Crippen LogP contribution in [0, 0.1) is 5.41 Å². The van der Waals surface area contributed by atoms with Crippen molar-refractivity contribution in [2.24, 2.45) is 5.41 Å². The molecule has 0 aromatic carbocycles. The number of rotatable bonds is 5. The van der Waals surface area contributed by atoms with Crippen molar-refractivity contribution >= 4 is 5.91 Å². The highest BCUT2D eigenvalue weighted by Crippen LogP contribution is 2.40. The average molecular weight is 296 g/mol. The Morgan fingerprint density at radius 2 is 1.95 bits per heavy atom. The molecule has 1 unspecified atom stereocenters. The zero-order valence-electron chi connectivity index (χ0n) is 14.0. The molecular weight excluding hydrogens is 264 g/mol. The molecule has 4 nitrogen and oxygen atoms in total. The molecule has 2 N–H and O–H groups in total. The fourth-order valence-corrected chi connectivity index (χ4v) is 3.51. The fraction of sp³-hybridized carbons (Fsp3) is 0.941. The number of carbonyl (C=O) groups is 1. The third-order valence-electron chi connectivity index (χ3n) is 5.19. The van der Waals surface area contributed by atoms with Crippen molar-refractivity contribution < 1.29 is 9.90 Å². The molecule has 2 fully saturated rings. The lowest BCUT2D eigenvalue weighted by molar-refractivity contribution is -0.142. The second-order valence-corrected chi connectivity index (χ2v) is 7.80. The van der Waals surface area contributed by atoms with Gasteiger partial charge in [0.15, 0.2) is 0 Å². The van der Waals surface area contributed by atoms with E-state index in [1.54, 1.807) is 0 Å². The van der Waals surface area contributed by atoms with E-state index in [0.717, 1.165) is 58.0 Å². The summed E-state index contributed by atoms with van der Waals surface area (Å²) in [5, 5.41) is 14.2. The highest BCUT2D eigenvalue weighted by Gasteiger charge is 2.40. The summed E-state index contributed by atoms with van der Waals surface area (Å²) in [7, 11) is 0. The Bertz CT molecular complexity index is 358. The van der Waals surface area contributed by atoms with E-state index in [9.17, 15) is 9.90 Å². The highest BCUT2D eigenvalue weighted by atomic mass is 16.3. The molecular formula is C17H32N2O2. The minimum Gasteiger partial charge on any atom is -0.388 e. The van der Waals surface area contributed by atoms with E-state index in [-0.39, 0.29) is 11.9 Å². The Morgan fingerprint density at radius 3 is 2.57 bits per heavy atom. The van der Waals surface area contributed by atoms with E-state index >= 15 is 0 Å². The second kappa shape index (κ2) is 6.66. The summed E-state index contributed by atoms with van der Waals surface area (Å²) in [5.41, 5.74) is -0.332. The molecule has 1 aliphatic carbocycles. The Labute approximate surface area is 129 Å². The molecule has 1 aliphatic heterocycles. The molecule has 21 heavy (non-hydrogen) atoms. The van der Waals surface area contributed by atoms with Gasteiger partial charge in [0.05, 0.1) is 11.6 Å². The van der Waals surface area contributed by atoms with Crippen LogP contribution in [-0.4, -0.2) is 47.2 Å². The van der Waals surface area contributed by atoms with E-state index in [2.05, 4.69) is 26.1 Å². The molecule has 1 atom stereocenters. The predicted octanol–water partition coefficient (Wildman–Crippen LogP) is 2.31. The number of β-amino-alcohol motifs (C(OH)–C–C–N with tert-alkyl or cyclic N) is 1. The Hall–Kier alpha value is -0.610. The van der Waals surface area contributed by atoms with Crippen LogP contribution in [0.5, 0.6) is 0 Å². The lowest BCUT2D eigenvalue weighted by Crippen LogP contribution is -2.56. The van der Waals surface area contributed by atoms with Crippen LogP contribution in [0.15, 0.2) is 0 Å². The van der Waals surface area contributed by atoms with Gasteiger partial charge >= 0.3 is 0 Å². The summed E-state index contributed by atoms with van der Waals surface area (Å²) >= 11 is 0. The average Bonchev–Trinajstić information content (AvgIpc) is 2.44. The van der Waals surface area contributed by atoms with Gasteiger partial charge in [0.1, 0.15) is 0 Å². The van der Waals surface area contributed by atoms with Gasteiger partial charge in [-0.05, 0) is 56.9 Å². The molecule has 2 rings (SSSR count). The quantitative estimate of drug-likeness (QED) is 0.818. The van der Waals surface area contributed by atoms with Gasteiger partial charge in [-0.15, -0.1) is 0 Å². The van der Waals surface area contributed by atoms with Crippen LogP contribution >= 0.6 is 0 Å². The van der Waals surface area contributed by atoms with Crippen LogP contribution in [-0.2, 0) is 4.79 Å². The Balaban J connectivity index is 1.91. The van der Waals surface area contributed by atoms with Crippen LogP contribution < -0.4 is 5.32 Å². The van der Waals surface area contributed by atoms with Gasteiger partial charge in [0, 0.05) is 13.1 Å². The minimum atomic E-state index is -0.669. The standard InChI is InChI=1S/C17H32N2O2/c1-4-11-18-14-6-5-12-19(15(14)20)13-17(21)9-7-16(2,3)8-10-17/h14,18,21H,4-13H2,1-3H3. The number of hydrogen-bond donors (Lipinski definition) is 2. The summed E-state index contributed by atoms with van der Waals surface area (Å²) in [4.78, 5) is 14.4. The van der Waals surface area contributed by atoms with Crippen molar-refractivity contribution in [2.75, 3.05) is 19.6 Å². The van der Waals surface area contributed by atoms with Gasteiger partial charge in [0.2, 0.25) is 5.91 Å². The van der Waals surface area contributed by atoms with Gasteiger partial charge in [0.25, 0.3) is 0 Å². The number of aliphatic hydroxyl groups is 1. The molecule has 0 aromatic rings. The molecule has 0 radical (unpaired) electrons. The maximum atomic E-state index is 12.5. The zero-order chi connectivity index (χ0) is 15.5. The molecule has 1 saturated carbocycles. The van der Waals surface area contributed by atoms with E-state index in [4.69, 9.17) is 0 Å². The zero-order valence-corrected chi connectivity index (χ0v) is 14.0. The van der Waals surface area contributed by atoms with Crippen molar-refractivity contribution in [3.05, 3.63) is 0 Å². The molecule has 1 heterocycles. The first-order chi connectivity index (χ1) is 9.85. The highest BCUT2D eigenvalue weighted by molar-refractivity contribution is 5.82. The monoisotopic (exact) mass is 296 g/mol. The SMILES string of the molecule is CCCNC1CCCN(CC2(O)CCC(C)(C)CC2)C1=O. The molecule has 0 spiro atoms. The maximum Gasteiger partial charge on any atom is 0.239 e. The van der Waals surface area contributed by atoms with Crippen molar-refractivity contribution in [2.45, 2.75) is 77.4 Å². The van der Waals surface area contributed by atoms with E-state index in [1.165, 1.54) is 0 Å². The van der Waals surface area contributed by atoms with E-state index < -0.39 is 5.60 Å². The number of carbonyl (C=O) groups excluding carboxylic acids is 1. The fourth-order valence-electron chi connectivity index (χ4n) is 3.51. The van der Waals surface area contributed by atoms with Crippen molar-refractivity contribution in [1.82, 2.24) is 10.2 Å². The summed E-state index contributed by atoms with van der Waals surface area (Å²) in [6, 6.07) is -0.0395. The molecule has 1 saturated heterocycles. The topological polar surface area (TPSA) is 52.6 Å². The van der Waals surface area contributed by atoms with Crippen LogP contribution in [0.1, 0.15) is 65.7 Å². The normalized spacial score (nSPS) is 28.7. The van der Waals surface area contributed by atoms with Crippen LogP contribution in [0.25, 0.3) is 0 Å². The first kappa shape index (κ1) is 16.8. The van der Waals surface area contributed by atoms with Crippen molar-refractivity contribution in [3.63, 3.8) is 0 Å². The van der Waals surface area contributed by atoms with Gasteiger partial charge < -0.3 is 15.3 Å². The van der Waals surface area contributed by atoms with Crippen molar-refractivity contribution in [1.29, 1.82) is 0 Å². The molecule has 2 aliphatic rings. The van der Waals surface area contributed by atoms with Crippen molar-refractivity contribution in [3.8, 4) is 0 Å². The van der Waals surface area contributed by atoms with Crippen LogP contribution in [0.2, 0.25) is 0 Å². The lowest BCUT2D eigenvalue weighted by Gasteiger charge is -2.44.